The van der Waals surface area contributed by atoms with Crippen LogP contribution in [0.15, 0.2) is 29.8 Å². The van der Waals surface area contributed by atoms with Gasteiger partial charge in [0.2, 0.25) is 0 Å². The highest BCUT2D eigenvalue weighted by Gasteiger charge is 2.19. The fourth-order valence-electron chi connectivity index (χ4n) is 2.53. The molecule has 0 amide bonds. The molecule has 0 atom stereocenters. The average molecular weight is 292 g/mol. The molecule has 2 rings (SSSR count). The van der Waals surface area contributed by atoms with E-state index in [0.29, 0.717) is 17.5 Å². The molecule has 0 aliphatic carbocycles. The number of methoxy groups -OCH3 is 1. The molecule has 1 aliphatic rings. The first kappa shape index (κ1) is 15.8. The number of hydrogen-bond acceptors (Lipinski definition) is 3. The number of ether oxygens (including phenoxy) is 1. The Balaban J connectivity index is 1.87. The van der Waals surface area contributed by atoms with Crippen LogP contribution in [0.4, 0.5) is 10.1 Å². The summed E-state index contributed by atoms with van der Waals surface area (Å²) in [6.07, 6.45) is 4.33. The van der Waals surface area contributed by atoms with Crippen molar-refractivity contribution >= 4 is 5.69 Å². The summed E-state index contributed by atoms with van der Waals surface area (Å²) in [6, 6.07) is 5.15. The first-order valence-electron chi connectivity index (χ1n) is 7.54. The van der Waals surface area contributed by atoms with Gasteiger partial charge in [0.1, 0.15) is 11.6 Å². The largest absolute Gasteiger partial charge is 0.497 e. The van der Waals surface area contributed by atoms with Gasteiger partial charge in [0.05, 0.1) is 12.8 Å². The third-order valence-corrected chi connectivity index (χ3v) is 3.88. The highest BCUT2D eigenvalue weighted by atomic mass is 19.1. The SMILES string of the molecule is COc1ccc(F)c(NC2CCN(CC=C(C)C)CC2)c1. The first-order valence-corrected chi connectivity index (χ1v) is 7.54. The Kier molecular flexibility index (Phi) is 5.62. The van der Waals surface area contributed by atoms with E-state index in [-0.39, 0.29) is 5.82 Å². The van der Waals surface area contributed by atoms with Crippen molar-refractivity contribution in [2.45, 2.75) is 32.7 Å². The summed E-state index contributed by atoms with van der Waals surface area (Å²) in [5, 5.41) is 3.31. The number of likely N-dealkylation sites (tertiary alicyclic amines) is 1. The zero-order valence-corrected chi connectivity index (χ0v) is 13.2. The zero-order valence-electron chi connectivity index (χ0n) is 13.2. The highest BCUT2D eigenvalue weighted by molar-refractivity contribution is 5.50. The lowest BCUT2D eigenvalue weighted by Crippen LogP contribution is -2.39. The molecule has 0 unspecified atom stereocenters. The molecule has 1 aliphatic heterocycles. The van der Waals surface area contributed by atoms with Gasteiger partial charge in [-0.2, -0.15) is 0 Å². The molecule has 1 aromatic rings. The minimum Gasteiger partial charge on any atom is -0.497 e. The van der Waals surface area contributed by atoms with E-state index in [1.54, 1.807) is 19.2 Å². The van der Waals surface area contributed by atoms with Gasteiger partial charge in [-0.25, -0.2) is 4.39 Å². The second-order valence-electron chi connectivity index (χ2n) is 5.85. The van der Waals surface area contributed by atoms with Crippen LogP contribution in [-0.2, 0) is 0 Å². The van der Waals surface area contributed by atoms with Crippen molar-refractivity contribution in [1.82, 2.24) is 4.90 Å². The lowest BCUT2D eigenvalue weighted by Gasteiger charge is -2.32. The molecule has 0 saturated carbocycles. The number of allylic oxidation sites excluding steroid dienone is 1. The molecule has 0 radical (unpaired) electrons. The van der Waals surface area contributed by atoms with Crippen LogP contribution in [0.1, 0.15) is 26.7 Å². The third-order valence-electron chi connectivity index (χ3n) is 3.88. The lowest BCUT2D eigenvalue weighted by atomic mass is 10.0. The van der Waals surface area contributed by atoms with Crippen molar-refractivity contribution in [3.63, 3.8) is 0 Å². The minimum atomic E-state index is -0.220. The van der Waals surface area contributed by atoms with Crippen molar-refractivity contribution in [3.05, 3.63) is 35.7 Å². The van der Waals surface area contributed by atoms with E-state index < -0.39 is 0 Å². The van der Waals surface area contributed by atoms with Crippen LogP contribution >= 0.6 is 0 Å². The number of halogens is 1. The van der Waals surface area contributed by atoms with Crippen LogP contribution in [0.2, 0.25) is 0 Å². The van der Waals surface area contributed by atoms with Gasteiger partial charge in [0.25, 0.3) is 0 Å². The molecule has 1 fully saturated rings. The maximum Gasteiger partial charge on any atom is 0.146 e. The fourth-order valence-corrected chi connectivity index (χ4v) is 2.53. The van der Waals surface area contributed by atoms with Crippen LogP contribution in [0, 0.1) is 5.82 Å². The predicted molar refractivity (Wildman–Crippen MR) is 85.5 cm³/mol. The van der Waals surface area contributed by atoms with Gasteiger partial charge in [-0.1, -0.05) is 11.6 Å². The Morgan fingerprint density at radius 3 is 2.71 bits per heavy atom. The Hall–Kier alpha value is -1.55. The highest BCUT2D eigenvalue weighted by Crippen LogP contribution is 2.24. The van der Waals surface area contributed by atoms with Gasteiger partial charge >= 0.3 is 0 Å². The molecule has 21 heavy (non-hydrogen) atoms. The van der Waals surface area contributed by atoms with Crippen molar-refractivity contribution in [2.24, 2.45) is 0 Å². The Morgan fingerprint density at radius 1 is 1.38 bits per heavy atom. The van der Waals surface area contributed by atoms with Crippen molar-refractivity contribution < 1.29 is 9.13 Å². The second-order valence-corrected chi connectivity index (χ2v) is 5.85. The second kappa shape index (κ2) is 7.46. The maximum absolute atomic E-state index is 13.8. The van der Waals surface area contributed by atoms with Gasteiger partial charge in [-0.15, -0.1) is 0 Å². The van der Waals surface area contributed by atoms with E-state index in [1.165, 1.54) is 11.6 Å². The van der Waals surface area contributed by atoms with Gasteiger partial charge in [0, 0.05) is 31.7 Å². The van der Waals surface area contributed by atoms with Gasteiger partial charge < -0.3 is 10.1 Å². The van der Waals surface area contributed by atoms with E-state index in [9.17, 15) is 4.39 Å². The molecule has 3 nitrogen and oxygen atoms in total. The van der Waals surface area contributed by atoms with Gasteiger partial charge in [-0.05, 0) is 38.8 Å². The van der Waals surface area contributed by atoms with Crippen LogP contribution < -0.4 is 10.1 Å². The van der Waals surface area contributed by atoms with Crippen molar-refractivity contribution in [1.29, 1.82) is 0 Å². The molecular weight excluding hydrogens is 267 g/mol. The minimum absolute atomic E-state index is 0.220. The van der Waals surface area contributed by atoms with Crippen LogP contribution in [0.25, 0.3) is 0 Å². The molecular formula is C17H25FN2O. The molecule has 0 bridgehead atoms. The Bertz CT molecular complexity index is 490. The maximum atomic E-state index is 13.8. The topological polar surface area (TPSA) is 24.5 Å². The summed E-state index contributed by atoms with van der Waals surface area (Å²) in [7, 11) is 1.60. The van der Waals surface area contributed by atoms with E-state index in [1.807, 2.05) is 0 Å². The monoisotopic (exact) mass is 292 g/mol. The summed E-state index contributed by atoms with van der Waals surface area (Å²) < 4.78 is 19.0. The van der Waals surface area contributed by atoms with Gasteiger partial charge in [0.15, 0.2) is 0 Å². The van der Waals surface area contributed by atoms with Crippen LogP contribution in [0.3, 0.4) is 0 Å². The summed E-state index contributed by atoms with van der Waals surface area (Å²) in [5.41, 5.74) is 1.89. The first-order chi connectivity index (χ1) is 10.1. The van der Waals surface area contributed by atoms with Crippen LogP contribution in [0.5, 0.6) is 5.75 Å². The molecule has 0 spiro atoms. The van der Waals surface area contributed by atoms with E-state index in [0.717, 1.165) is 32.5 Å². The summed E-state index contributed by atoms with van der Waals surface area (Å²) >= 11 is 0. The Labute approximate surface area is 126 Å². The molecule has 1 aromatic carbocycles. The number of hydrogen-bond donors (Lipinski definition) is 1. The van der Waals surface area contributed by atoms with Crippen molar-refractivity contribution in [2.75, 3.05) is 32.1 Å². The number of rotatable bonds is 5. The number of anilines is 1. The third kappa shape index (κ3) is 4.74. The molecule has 116 valence electrons. The van der Waals surface area contributed by atoms with E-state index >= 15 is 0 Å². The number of piperidine rings is 1. The molecule has 1 N–H and O–H groups in total. The number of benzene rings is 1. The zero-order chi connectivity index (χ0) is 15.2. The molecule has 1 heterocycles. The smallest absolute Gasteiger partial charge is 0.146 e. The Morgan fingerprint density at radius 2 is 2.10 bits per heavy atom. The lowest BCUT2D eigenvalue weighted by molar-refractivity contribution is 0.239. The molecule has 1 saturated heterocycles. The quantitative estimate of drug-likeness (QED) is 0.838. The molecule has 0 aromatic heterocycles. The summed E-state index contributed by atoms with van der Waals surface area (Å²) in [4.78, 5) is 2.44. The van der Waals surface area contributed by atoms with E-state index in [2.05, 4.69) is 30.1 Å². The predicted octanol–water partition coefficient (Wildman–Crippen LogP) is 3.68. The van der Waals surface area contributed by atoms with E-state index in [4.69, 9.17) is 4.74 Å². The average Bonchev–Trinajstić information content (AvgIpc) is 2.48. The number of nitrogens with zero attached hydrogens (tertiary/aromatic N) is 1. The fraction of sp³-hybridized carbons (Fsp3) is 0.529. The van der Waals surface area contributed by atoms with Crippen LogP contribution in [-0.4, -0.2) is 37.7 Å². The molecule has 4 heteroatoms. The standard InChI is InChI=1S/C17H25FN2O/c1-13(2)6-9-20-10-7-14(8-11-20)19-17-12-15(21-3)4-5-16(17)18/h4-6,12,14,19H,7-11H2,1-3H3. The summed E-state index contributed by atoms with van der Waals surface area (Å²) in [5.74, 6) is 0.461. The normalized spacial score (nSPS) is 16.6. The van der Waals surface area contributed by atoms with Gasteiger partial charge in [-0.3, -0.25) is 4.90 Å². The number of nitrogens with one attached hydrogen (secondary N) is 1. The summed E-state index contributed by atoms with van der Waals surface area (Å²) in [6.45, 7) is 7.36. The van der Waals surface area contributed by atoms with Crippen molar-refractivity contribution in [3.8, 4) is 5.75 Å².